The van der Waals surface area contributed by atoms with E-state index in [1.807, 2.05) is 4.90 Å². The number of nitrogens with one attached hydrogen (secondary N) is 1. The molecule has 0 aromatic carbocycles. The highest BCUT2D eigenvalue weighted by atomic mass is 32.1. The second-order valence-electron chi connectivity index (χ2n) is 4.55. The second kappa shape index (κ2) is 6.68. The summed E-state index contributed by atoms with van der Waals surface area (Å²) >= 11 is 1.36. The molecule has 1 fully saturated rings. The largest absolute Gasteiger partial charge is 0.360 e. The second-order valence-corrected chi connectivity index (χ2v) is 5.52. The van der Waals surface area contributed by atoms with Gasteiger partial charge in [0.05, 0.1) is 0 Å². The minimum Gasteiger partial charge on any atom is -0.360 e. The van der Waals surface area contributed by atoms with Crippen molar-refractivity contribution in [3.8, 4) is 0 Å². The van der Waals surface area contributed by atoms with Crippen LogP contribution in [-0.4, -0.2) is 40.6 Å². The zero-order chi connectivity index (χ0) is 12.8. The number of amides is 1. The number of carbonyl (C=O) groups excluding carboxylic acids is 1. The highest BCUT2D eigenvalue weighted by Crippen LogP contribution is 2.19. The fourth-order valence-corrected chi connectivity index (χ4v) is 2.76. The third kappa shape index (κ3) is 3.41. The first-order chi connectivity index (χ1) is 8.81. The Labute approximate surface area is 112 Å². The summed E-state index contributed by atoms with van der Waals surface area (Å²) in [6.45, 7) is 4.68. The molecule has 2 rings (SSSR count). The smallest absolute Gasteiger partial charge is 0.284 e. The first kappa shape index (κ1) is 13.3. The number of hydrogen-bond donors (Lipinski definition) is 1. The predicted molar refractivity (Wildman–Crippen MR) is 73.1 cm³/mol. The number of carbonyl (C=O) groups is 1. The molecule has 1 aromatic heterocycles. The van der Waals surface area contributed by atoms with Crippen LogP contribution in [0.25, 0.3) is 0 Å². The quantitative estimate of drug-likeness (QED) is 0.911. The van der Waals surface area contributed by atoms with E-state index in [4.69, 9.17) is 0 Å². The van der Waals surface area contributed by atoms with Crippen molar-refractivity contribution in [3.05, 3.63) is 5.01 Å². The Morgan fingerprint density at radius 2 is 2.00 bits per heavy atom. The summed E-state index contributed by atoms with van der Waals surface area (Å²) in [7, 11) is 0. The lowest BCUT2D eigenvalue weighted by atomic mass is 10.2. The summed E-state index contributed by atoms with van der Waals surface area (Å²) in [6.07, 6.45) is 5.69. The lowest BCUT2D eigenvalue weighted by Crippen LogP contribution is -2.31. The van der Waals surface area contributed by atoms with Crippen LogP contribution in [0.4, 0.5) is 5.13 Å². The molecule has 0 saturated carbocycles. The average molecular weight is 268 g/mol. The monoisotopic (exact) mass is 268 g/mol. The summed E-state index contributed by atoms with van der Waals surface area (Å²) in [5.41, 5.74) is 0. The van der Waals surface area contributed by atoms with Crippen LogP contribution >= 0.6 is 11.3 Å². The maximum absolute atomic E-state index is 12.2. The van der Waals surface area contributed by atoms with Crippen molar-refractivity contribution >= 4 is 22.4 Å². The molecule has 0 spiro atoms. The van der Waals surface area contributed by atoms with Gasteiger partial charge >= 0.3 is 0 Å². The molecule has 1 aliphatic heterocycles. The lowest BCUT2D eigenvalue weighted by Gasteiger charge is -2.18. The molecule has 0 radical (unpaired) electrons. The predicted octanol–water partition coefficient (Wildman–Crippen LogP) is 2.38. The van der Waals surface area contributed by atoms with Gasteiger partial charge in [0, 0.05) is 19.6 Å². The van der Waals surface area contributed by atoms with Gasteiger partial charge in [-0.3, -0.25) is 4.79 Å². The van der Waals surface area contributed by atoms with E-state index in [9.17, 15) is 4.79 Å². The Morgan fingerprint density at radius 3 is 2.67 bits per heavy atom. The molecule has 6 heteroatoms. The standard InChI is InChI=1S/C12H20N4OS/c1-2-7-13-12-15-14-10(18-12)11(17)16-8-5-3-4-6-9-16/h2-9H2,1H3,(H,13,15). The van der Waals surface area contributed by atoms with Crippen LogP contribution in [0.2, 0.25) is 0 Å². The molecule has 1 amide bonds. The zero-order valence-corrected chi connectivity index (χ0v) is 11.6. The van der Waals surface area contributed by atoms with Crippen LogP contribution in [0.5, 0.6) is 0 Å². The van der Waals surface area contributed by atoms with E-state index in [1.165, 1.54) is 24.2 Å². The van der Waals surface area contributed by atoms with Gasteiger partial charge in [0.15, 0.2) is 0 Å². The summed E-state index contributed by atoms with van der Waals surface area (Å²) in [4.78, 5) is 14.2. The van der Waals surface area contributed by atoms with Crippen molar-refractivity contribution in [1.29, 1.82) is 0 Å². The molecule has 5 nitrogen and oxygen atoms in total. The van der Waals surface area contributed by atoms with Crippen LogP contribution in [0.3, 0.4) is 0 Å². The van der Waals surface area contributed by atoms with Gasteiger partial charge in [-0.05, 0) is 19.3 Å². The number of nitrogens with zero attached hydrogens (tertiary/aromatic N) is 3. The van der Waals surface area contributed by atoms with Gasteiger partial charge in [0.25, 0.3) is 5.91 Å². The van der Waals surface area contributed by atoms with E-state index in [-0.39, 0.29) is 5.91 Å². The first-order valence-electron chi connectivity index (χ1n) is 6.68. The molecular weight excluding hydrogens is 248 g/mol. The van der Waals surface area contributed by atoms with Crippen molar-refractivity contribution in [2.24, 2.45) is 0 Å². The summed E-state index contributed by atoms with van der Waals surface area (Å²) in [6, 6.07) is 0. The van der Waals surface area contributed by atoms with Crippen LogP contribution < -0.4 is 5.32 Å². The van der Waals surface area contributed by atoms with Gasteiger partial charge in [-0.15, -0.1) is 10.2 Å². The van der Waals surface area contributed by atoms with Crippen LogP contribution in [0.15, 0.2) is 0 Å². The molecule has 0 aliphatic carbocycles. The number of aromatic nitrogens is 2. The molecule has 1 saturated heterocycles. The minimum atomic E-state index is 0.0407. The molecular formula is C12H20N4OS. The third-order valence-corrected chi connectivity index (χ3v) is 3.90. The Hall–Kier alpha value is -1.17. The van der Waals surface area contributed by atoms with E-state index >= 15 is 0 Å². The maximum atomic E-state index is 12.2. The molecule has 2 heterocycles. The molecule has 100 valence electrons. The van der Waals surface area contributed by atoms with Gasteiger partial charge in [0.1, 0.15) is 0 Å². The van der Waals surface area contributed by atoms with Gasteiger partial charge in [-0.1, -0.05) is 31.1 Å². The number of anilines is 1. The SMILES string of the molecule is CCCNc1nnc(C(=O)N2CCCCCC2)s1. The van der Waals surface area contributed by atoms with E-state index in [2.05, 4.69) is 22.4 Å². The Balaban J connectivity index is 1.96. The third-order valence-electron chi connectivity index (χ3n) is 3.03. The number of rotatable bonds is 4. The van der Waals surface area contributed by atoms with Crippen molar-refractivity contribution in [1.82, 2.24) is 15.1 Å². The van der Waals surface area contributed by atoms with Crippen molar-refractivity contribution < 1.29 is 4.79 Å². The molecule has 0 unspecified atom stereocenters. The fourth-order valence-electron chi connectivity index (χ4n) is 2.02. The maximum Gasteiger partial charge on any atom is 0.284 e. The first-order valence-corrected chi connectivity index (χ1v) is 7.49. The molecule has 1 aromatic rings. The summed E-state index contributed by atoms with van der Waals surface area (Å²) in [5, 5.41) is 12.4. The van der Waals surface area contributed by atoms with Crippen molar-refractivity contribution in [2.45, 2.75) is 39.0 Å². The molecule has 1 N–H and O–H groups in total. The highest BCUT2D eigenvalue weighted by molar-refractivity contribution is 7.17. The number of likely N-dealkylation sites (tertiary alicyclic amines) is 1. The number of hydrogen-bond acceptors (Lipinski definition) is 5. The fraction of sp³-hybridized carbons (Fsp3) is 0.750. The van der Waals surface area contributed by atoms with Crippen LogP contribution in [0.1, 0.15) is 48.8 Å². The molecule has 1 aliphatic rings. The topological polar surface area (TPSA) is 58.1 Å². The minimum absolute atomic E-state index is 0.0407. The van der Waals surface area contributed by atoms with Gasteiger partial charge in [-0.2, -0.15) is 0 Å². The Morgan fingerprint density at radius 1 is 1.28 bits per heavy atom. The van der Waals surface area contributed by atoms with Gasteiger partial charge in [0.2, 0.25) is 10.1 Å². The molecule has 18 heavy (non-hydrogen) atoms. The summed E-state index contributed by atoms with van der Waals surface area (Å²) in [5.74, 6) is 0.0407. The van der Waals surface area contributed by atoms with Gasteiger partial charge < -0.3 is 10.2 Å². The van der Waals surface area contributed by atoms with Crippen LogP contribution in [-0.2, 0) is 0 Å². The normalized spacial score (nSPS) is 16.4. The van der Waals surface area contributed by atoms with E-state index < -0.39 is 0 Å². The zero-order valence-electron chi connectivity index (χ0n) is 10.8. The highest BCUT2D eigenvalue weighted by Gasteiger charge is 2.20. The molecule has 0 bridgehead atoms. The van der Waals surface area contributed by atoms with E-state index in [1.54, 1.807) is 0 Å². The molecule has 0 atom stereocenters. The van der Waals surface area contributed by atoms with Gasteiger partial charge in [-0.25, -0.2) is 0 Å². The Kier molecular flexibility index (Phi) is 4.92. The van der Waals surface area contributed by atoms with E-state index in [0.29, 0.717) is 5.01 Å². The Bertz CT molecular complexity index is 385. The van der Waals surface area contributed by atoms with Crippen LogP contribution in [0, 0.1) is 0 Å². The van der Waals surface area contributed by atoms with E-state index in [0.717, 1.165) is 44.0 Å². The van der Waals surface area contributed by atoms with Crippen molar-refractivity contribution in [3.63, 3.8) is 0 Å². The van der Waals surface area contributed by atoms with Crippen molar-refractivity contribution in [2.75, 3.05) is 25.0 Å². The average Bonchev–Trinajstić information content (AvgIpc) is 2.69. The summed E-state index contributed by atoms with van der Waals surface area (Å²) < 4.78 is 0. The lowest BCUT2D eigenvalue weighted by molar-refractivity contribution is 0.0760.